The second-order valence-corrected chi connectivity index (χ2v) is 6.10. The molecule has 1 amide bonds. The lowest BCUT2D eigenvalue weighted by molar-refractivity contribution is -0.150. The van der Waals surface area contributed by atoms with Gasteiger partial charge in [0.05, 0.1) is 12.0 Å². The van der Waals surface area contributed by atoms with Crippen molar-refractivity contribution in [3.63, 3.8) is 0 Å². The van der Waals surface area contributed by atoms with Gasteiger partial charge in [0, 0.05) is 17.1 Å². The summed E-state index contributed by atoms with van der Waals surface area (Å²) in [5, 5.41) is 2.77. The van der Waals surface area contributed by atoms with Gasteiger partial charge in [0.2, 0.25) is 5.91 Å². The molecule has 4 nitrogen and oxygen atoms in total. The minimum atomic E-state index is -0.832. The Bertz CT molecular complexity index is 547. The van der Waals surface area contributed by atoms with Crippen molar-refractivity contribution in [2.24, 2.45) is 5.41 Å². The predicted molar refractivity (Wildman–Crippen MR) is 86.3 cm³/mol. The molecule has 0 radical (unpaired) electrons. The van der Waals surface area contributed by atoms with Crippen molar-refractivity contribution in [3.05, 3.63) is 40.4 Å². The van der Waals surface area contributed by atoms with Gasteiger partial charge in [-0.15, -0.1) is 0 Å². The molecule has 0 atom stereocenters. The fourth-order valence-electron chi connectivity index (χ4n) is 1.75. The second kappa shape index (κ2) is 7.41. The molecule has 1 rings (SSSR count). The van der Waals surface area contributed by atoms with E-state index in [4.69, 9.17) is 4.74 Å². The van der Waals surface area contributed by atoms with Crippen LogP contribution in [0.25, 0.3) is 5.70 Å². The van der Waals surface area contributed by atoms with Crippen molar-refractivity contribution in [3.8, 4) is 0 Å². The SMILES string of the molecule is CCOC(=O)C(C)(C)/C=C(\NC(C)=O)c1ccc(Br)cc1. The molecule has 0 fully saturated rings. The van der Waals surface area contributed by atoms with Crippen LogP contribution in [-0.4, -0.2) is 18.5 Å². The molecule has 0 unspecified atom stereocenters. The third-order valence-electron chi connectivity index (χ3n) is 2.77. The first-order valence-electron chi connectivity index (χ1n) is 6.70. The first kappa shape index (κ1) is 17.4. The van der Waals surface area contributed by atoms with Gasteiger partial charge in [0.25, 0.3) is 0 Å². The Balaban J connectivity index is 3.17. The topological polar surface area (TPSA) is 55.4 Å². The van der Waals surface area contributed by atoms with E-state index in [-0.39, 0.29) is 11.9 Å². The number of carbonyl (C=O) groups excluding carboxylic acids is 2. The van der Waals surface area contributed by atoms with Crippen LogP contribution in [0, 0.1) is 5.41 Å². The monoisotopic (exact) mass is 353 g/mol. The van der Waals surface area contributed by atoms with E-state index in [1.165, 1.54) is 6.92 Å². The number of halogens is 1. The third-order valence-corrected chi connectivity index (χ3v) is 3.30. The Labute approximate surface area is 133 Å². The molecule has 0 heterocycles. The maximum absolute atomic E-state index is 12.0. The highest BCUT2D eigenvalue weighted by Gasteiger charge is 2.27. The first-order valence-corrected chi connectivity index (χ1v) is 7.49. The van der Waals surface area contributed by atoms with Gasteiger partial charge in [0.1, 0.15) is 0 Å². The molecule has 5 heteroatoms. The second-order valence-electron chi connectivity index (χ2n) is 5.19. The molecule has 1 aromatic carbocycles. The van der Waals surface area contributed by atoms with Gasteiger partial charge in [-0.2, -0.15) is 0 Å². The van der Waals surface area contributed by atoms with Crippen molar-refractivity contribution in [1.29, 1.82) is 0 Å². The normalized spacial score (nSPS) is 12.0. The molecule has 0 saturated heterocycles. The van der Waals surface area contributed by atoms with E-state index in [1.54, 1.807) is 26.8 Å². The van der Waals surface area contributed by atoms with Gasteiger partial charge in [0.15, 0.2) is 0 Å². The van der Waals surface area contributed by atoms with Crippen LogP contribution in [0.3, 0.4) is 0 Å². The Hall–Kier alpha value is -1.62. The highest BCUT2D eigenvalue weighted by Crippen LogP contribution is 2.25. The van der Waals surface area contributed by atoms with Crippen molar-refractivity contribution in [1.82, 2.24) is 5.32 Å². The number of ether oxygens (including phenoxy) is 1. The van der Waals surface area contributed by atoms with Crippen LogP contribution in [0.15, 0.2) is 34.8 Å². The molecule has 0 aliphatic heterocycles. The largest absolute Gasteiger partial charge is 0.465 e. The van der Waals surface area contributed by atoms with E-state index < -0.39 is 5.41 Å². The molecule has 0 spiro atoms. The molecule has 1 aromatic rings. The summed E-state index contributed by atoms with van der Waals surface area (Å²) in [6.45, 7) is 7.03. The lowest BCUT2D eigenvalue weighted by Crippen LogP contribution is -2.27. The third kappa shape index (κ3) is 5.34. The summed E-state index contributed by atoms with van der Waals surface area (Å²) >= 11 is 3.37. The lowest BCUT2D eigenvalue weighted by Gasteiger charge is -2.20. The summed E-state index contributed by atoms with van der Waals surface area (Å²) < 4.78 is 6.01. The number of rotatable bonds is 5. The highest BCUT2D eigenvalue weighted by atomic mass is 79.9. The number of benzene rings is 1. The minimum absolute atomic E-state index is 0.191. The smallest absolute Gasteiger partial charge is 0.315 e. The summed E-state index contributed by atoms with van der Waals surface area (Å²) in [4.78, 5) is 23.4. The molecule has 1 N–H and O–H groups in total. The minimum Gasteiger partial charge on any atom is -0.465 e. The molecule has 0 saturated carbocycles. The summed E-state index contributed by atoms with van der Waals surface area (Å²) in [6.07, 6.45) is 1.72. The van der Waals surface area contributed by atoms with Crippen LogP contribution in [0.4, 0.5) is 0 Å². The van der Waals surface area contributed by atoms with Gasteiger partial charge in [-0.3, -0.25) is 9.59 Å². The van der Waals surface area contributed by atoms with Crippen LogP contribution in [0.5, 0.6) is 0 Å². The van der Waals surface area contributed by atoms with E-state index in [0.29, 0.717) is 12.3 Å². The number of hydrogen-bond acceptors (Lipinski definition) is 3. The van der Waals surface area contributed by atoms with E-state index in [1.807, 2.05) is 24.3 Å². The van der Waals surface area contributed by atoms with Gasteiger partial charge in [-0.1, -0.05) is 28.1 Å². The van der Waals surface area contributed by atoms with Crippen molar-refractivity contribution < 1.29 is 14.3 Å². The highest BCUT2D eigenvalue weighted by molar-refractivity contribution is 9.10. The lowest BCUT2D eigenvalue weighted by atomic mass is 9.91. The zero-order valence-corrected chi connectivity index (χ0v) is 14.3. The first-order chi connectivity index (χ1) is 9.76. The molecule has 0 aromatic heterocycles. The number of hydrogen-bond donors (Lipinski definition) is 1. The molecule has 0 bridgehead atoms. The van der Waals surface area contributed by atoms with Gasteiger partial charge in [-0.25, -0.2) is 0 Å². The van der Waals surface area contributed by atoms with E-state index in [0.717, 1.165) is 10.0 Å². The molecule has 0 aliphatic rings. The summed E-state index contributed by atoms with van der Waals surface area (Å²) in [7, 11) is 0. The van der Waals surface area contributed by atoms with Gasteiger partial charge < -0.3 is 10.1 Å². The van der Waals surface area contributed by atoms with Crippen LogP contribution in [0.1, 0.15) is 33.3 Å². The summed E-state index contributed by atoms with van der Waals surface area (Å²) in [5.74, 6) is -0.520. The quantitative estimate of drug-likeness (QED) is 0.824. The molecular formula is C16H20BrNO3. The Morgan fingerprint density at radius 1 is 1.29 bits per heavy atom. The fourth-order valence-corrected chi connectivity index (χ4v) is 2.01. The molecule has 0 aliphatic carbocycles. The van der Waals surface area contributed by atoms with Gasteiger partial charge in [-0.05, 0) is 44.5 Å². The molecular weight excluding hydrogens is 334 g/mol. The van der Waals surface area contributed by atoms with Crippen LogP contribution < -0.4 is 5.32 Å². The van der Waals surface area contributed by atoms with E-state index in [9.17, 15) is 9.59 Å². The maximum Gasteiger partial charge on any atom is 0.315 e. The van der Waals surface area contributed by atoms with Gasteiger partial charge >= 0.3 is 5.97 Å². The molecule has 114 valence electrons. The van der Waals surface area contributed by atoms with Crippen molar-refractivity contribution in [2.45, 2.75) is 27.7 Å². The number of esters is 1. The maximum atomic E-state index is 12.0. The van der Waals surface area contributed by atoms with E-state index in [2.05, 4.69) is 21.2 Å². The standard InChI is InChI=1S/C16H20BrNO3/c1-5-21-15(20)16(3,4)10-14(18-11(2)19)12-6-8-13(17)9-7-12/h6-10H,5H2,1-4H3,(H,18,19)/b14-10-. The van der Waals surface area contributed by atoms with Crippen LogP contribution in [-0.2, 0) is 14.3 Å². The van der Waals surface area contributed by atoms with Crippen LogP contribution >= 0.6 is 15.9 Å². The Morgan fingerprint density at radius 2 is 1.86 bits per heavy atom. The van der Waals surface area contributed by atoms with Crippen molar-refractivity contribution >= 4 is 33.5 Å². The zero-order chi connectivity index (χ0) is 16.0. The molecule has 21 heavy (non-hydrogen) atoms. The van der Waals surface area contributed by atoms with Crippen molar-refractivity contribution in [2.75, 3.05) is 6.61 Å². The Kier molecular flexibility index (Phi) is 6.15. The number of carbonyl (C=O) groups is 2. The van der Waals surface area contributed by atoms with Crippen LogP contribution in [0.2, 0.25) is 0 Å². The van der Waals surface area contributed by atoms with E-state index >= 15 is 0 Å². The Morgan fingerprint density at radius 3 is 2.33 bits per heavy atom. The predicted octanol–water partition coefficient (Wildman–Crippen LogP) is 3.52. The number of amides is 1. The average Bonchev–Trinajstić information content (AvgIpc) is 2.38. The zero-order valence-electron chi connectivity index (χ0n) is 12.7. The summed E-state index contributed by atoms with van der Waals surface area (Å²) in [6, 6.07) is 7.49. The summed E-state index contributed by atoms with van der Waals surface area (Å²) in [5.41, 5.74) is 0.583. The fraction of sp³-hybridized carbons (Fsp3) is 0.375. The number of nitrogens with one attached hydrogen (secondary N) is 1. The average molecular weight is 354 g/mol.